The fourth-order valence-corrected chi connectivity index (χ4v) is 2.00. The van der Waals surface area contributed by atoms with Gasteiger partial charge in [0, 0.05) is 10.8 Å². The van der Waals surface area contributed by atoms with Crippen LogP contribution in [0.3, 0.4) is 0 Å². The van der Waals surface area contributed by atoms with Crippen LogP contribution in [-0.4, -0.2) is 16.9 Å². The van der Waals surface area contributed by atoms with E-state index in [-0.39, 0.29) is 11.3 Å². The molecule has 0 unspecified atom stereocenters. The van der Waals surface area contributed by atoms with Gasteiger partial charge in [-0.25, -0.2) is 4.98 Å². The number of nitrogens with one attached hydrogen (secondary N) is 1. The van der Waals surface area contributed by atoms with Gasteiger partial charge in [-0.3, -0.25) is 4.79 Å². The summed E-state index contributed by atoms with van der Waals surface area (Å²) < 4.78 is 0. The van der Waals surface area contributed by atoms with Crippen LogP contribution >= 0.6 is 11.3 Å². The van der Waals surface area contributed by atoms with E-state index >= 15 is 0 Å². The number of carbonyl (C=O) groups excluding carboxylic acids is 1. The third-order valence-corrected chi connectivity index (χ3v) is 3.04. The van der Waals surface area contributed by atoms with Gasteiger partial charge in [0.25, 0.3) is 0 Å². The summed E-state index contributed by atoms with van der Waals surface area (Å²) in [6.07, 6.45) is 0.628. The minimum Gasteiger partial charge on any atom is -0.320 e. The van der Waals surface area contributed by atoms with Crippen molar-refractivity contribution in [2.24, 2.45) is 5.73 Å². The minimum atomic E-state index is -0.456. The highest BCUT2D eigenvalue weighted by atomic mass is 32.1. The van der Waals surface area contributed by atoms with E-state index < -0.39 is 6.04 Å². The Balaban J connectivity index is 2.70. The molecule has 1 amide bonds. The molecule has 0 aromatic carbocycles. The third-order valence-electron chi connectivity index (χ3n) is 2.28. The van der Waals surface area contributed by atoms with Gasteiger partial charge in [0.05, 0.1) is 11.7 Å². The quantitative estimate of drug-likeness (QED) is 0.851. The average Bonchev–Trinajstić information content (AvgIpc) is 2.64. The van der Waals surface area contributed by atoms with Gasteiger partial charge in [-0.2, -0.15) is 0 Å². The van der Waals surface area contributed by atoms with Gasteiger partial charge in [0.15, 0.2) is 5.13 Å². The second-order valence-electron chi connectivity index (χ2n) is 4.79. The first-order chi connectivity index (χ1) is 7.34. The molecule has 90 valence electrons. The summed E-state index contributed by atoms with van der Waals surface area (Å²) in [7, 11) is 0. The molecule has 3 N–H and O–H groups in total. The lowest BCUT2D eigenvalue weighted by Gasteiger charge is -2.14. The van der Waals surface area contributed by atoms with E-state index in [1.807, 2.05) is 12.3 Å². The molecular weight excluding hydrogens is 222 g/mol. The molecule has 0 saturated carbocycles. The molecule has 0 aliphatic heterocycles. The second kappa shape index (κ2) is 4.93. The Labute approximate surface area is 100 Å². The summed E-state index contributed by atoms with van der Waals surface area (Å²) >= 11 is 1.43. The van der Waals surface area contributed by atoms with Gasteiger partial charge in [-0.1, -0.05) is 27.7 Å². The first kappa shape index (κ1) is 13.1. The molecule has 1 aromatic heterocycles. The molecule has 1 heterocycles. The maximum atomic E-state index is 11.5. The van der Waals surface area contributed by atoms with Crippen LogP contribution in [0.15, 0.2) is 5.38 Å². The molecule has 0 fully saturated rings. The number of anilines is 1. The number of hydrogen-bond acceptors (Lipinski definition) is 4. The molecule has 0 bridgehead atoms. The Kier molecular flexibility index (Phi) is 4.04. The number of rotatable bonds is 3. The Morgan fingerprint density at radius 1 is 1.62 bits per heavy atom. The molecule has 4 nitrogen and oxygen atoms in total. The fraction of sp³-hybridized carbons (Fsp3) is 0.636. The Morgan fingerprint density at radius 3 is 2.69 bits per heavy atom. The largest absolute Gasteiger partial charge is 0.320 e. The zero-order valence-corrected chi connectivity index (χ0v) is 11.0. The van der Waals surface area contributed by atoms with Crippen molar-refractivity contribution in [3.05, 3.63) is 11.1 Å². The van der Waals surface area contributed by atoms with E-state index in [1.54, 1.807) is 0 Å². The van der Waals surface area contributed by atoms with E-state index in [2.05, 4.69) is 31.1 Å². The maximum absolute atomic E-state index is 11.5. The minimum absolute atomic E-state index is 0.00630. The third kappa shape index (κ3) is 3.28. The molecule has 0 saturated heterocycles. The number of amides is 1. The van der Waals surface area contributed by atoms with E-state index in [4.69, 9.17) is 5.73 Å². The Morgan fingerprint density at radius 2 is 2.25 bits per heavy atom. The van der Waals surface area contributed by atoms with Crippen molar-refractivity contribution in [3.8, 4) is 0 Å². The topological polar surface area (TPSA) is 68.0 Å². The van der Waals surface area contributed by atoms with Crippen LogP contribution in [0.5, 0.6) is 0 Å². The van der Waals surface area contributed by atoms with Crippen LogP contribution in [0.1, 0.15) is 39.8 Å². The van der Waals surface area contributed by atoms with Crippen LogP contribution in [0.25, 0.3) is 0 Å². The van der Waals surface area contributed by atoms with Crippen molar-refractivity contribution >= 4 is 22.4 Å². The maximum Gasteiger partial charge on any atom is 0.243 e. The molecule has 1 rings (SSSR count). The molecule has 0 radical (unpaired) electrons. The van der Waals surface area contributed by atoms with Gasteiger partial charge in [0.2, 0.25) is 5.91 Å². The van der Waals surface area contributed by atoms with E-state index in [0.717, 1.165) is 5.69 Å². The molecular formula is C11H19N3OS. The summed E-state index contributed by atoms with van der Waals surface area (Å²) in [6.45, 7) is 8.15. The molecule has 0 aliphatic carbocycles. The first-order valence-corrected chi connectivity index (χ1v) is 6.25. The summed E-state index contributed by atoms with van der Waals surface area (Å²) in [6, 6.07) is -0.456. The summed E-state index contributed by atoms with van der Waals surface area (Å²) in [5.74, 6) is -0.169. The highest BCUT2D eigenvalue weighted by molar-refractivity contribution is 7.13. The smallest absolute Gasteiger partial charge is 0.243 e. The second-order valence-corrected chi connectivity index (χ2v) is 5.65. The normalized spacial score (nSPS) is 13.6. The molecule has 0 spiro atoms. The van der Waals surface area contributed by atoms with Crippen LogP contribution < -0.4 is 11.1 Å². The fourth-order valence-electron chi connectivity index (χ4n) is 1.06. The highest BCUT2D eigenvalue weighted by Gasteiger charge is 2.19. The van der Waals surface area contributed by atoms with Crippen LogP contribution in [-0.2, 0) is 10.2 Å². The van der Waals surface area contributed by atoms with Gasteiger partial charge in [0.1, 0.15) is 0 Å². The zero-order chi connectivity index (χ0) is 12.3. The van der Waals surface area contributed by atoms with Gasteiger partial charge >= 0.3 is 0 Å². The number of aromatic nitrogens is 1. The van der Waals surface area contributed by atoms with Crippen LogP contribution in [0.2, 0.25) is 0 Å². The Bertz CT molecular complexity index is 368. The number of nitrogens with two attached hydrogens (primary N) is 1. The van der Waals surface area contributed by atoms with Crippen molar-refractivity contribution < 1.29 is 4.79 Å². The van der Waals surface area contributed by atoms with Crippen molar-refractivity contribution in [3.63, 3.8) is 0 Å². The molecule has 16 heavy (non-hydrogen) atoms. The van der Waals surface area contributed by atoms with Crippen molar-refractivity contribution in [1.82, 2.24) is 4.98 Å². The zero-order valence-electron chi connectivity index (χ0n) is 10.2. The first-order valence-electron chi connectivity index (χ1n) is 5.37. The van der Waals surface area contributed by atoms with Crippen molar-refractivity contribution in [2.45, 2.75) is 45.6 Å². The monoisotopic (exact) mass is 241 g/mol. The number of carbonyl (C=O) groups is 1. The summed E-state index contributed by atoms with van der Waals surface area (Å²) in [5.41, 5.74) is 6.61. The van der Waals surface area contributed by atoms with Gasteiger partial charge in [-0.05, 0) is 6.42 Å². The SMILES string of the molecule is CC[C@H](N)C(=O)Nc1nc(C(C)(C)C)cs1. The standard InChI is InChI=1S/C11H19N3OS/c1-5-7(12)9(15)14-10-13-8(6-16-10)11(2,3)4/h6-7H,5,12H2,1-4H3,(H,13,14,15)/t7-/m0/s1. The van der Waals surface area contributed by atoms with Gasteiger partial charge < -0.3 is 11.1 Å². The molecule has 0 aliphatic rings. The van der Waals surface area contributed by atoms with Crippen molar-refractivity contribution in [1.29, 1.82) is 0 Å². The Hall–Kier alpha value is -0.940. The summed E-state index contributed by atoms with van der Waals surface area (Å²) in [4.78, 5) is 15.9. The van der Waals surface area contributed by atoms with Crippen LogP contribution in [0.4, 0.5) is 5.13 Å². The van der Waals surface area contributed by atoms with E-state index in [0.29, 0.717) is 11.6 Å². The molecule has 1 atom stereocenters. The summed E-state index contributed by atoms with van der Waals surface area (Å²) in [5, 5.41) is 5.32. The lowest BCUT2D eigenvalue weighted by atomic mass is 9.93. The highest BCUT2D eigenvalue weighted by Crippen LogP contribution is 2.26. The van der Waals surface area contributed by atoms with E-state index in [9.17, 15) is 4.79 Å². The molecule has 5 heteroatoms. The lowest BCUT2D eigenvalue weighted by molar-refractivity contribution is -0.117. The van der Waals surface area contributed by atoms with E-state index in [1.165, 1.54) is 11.3 Å². The predicted molar refractivity (Wildman–Crippen MR) is 67.7 cm³/mol. The predicted octanol–water partition coefficient (Wildman–Crippen LogP) is 2.12. The van der Waals surface area contributed by atoms with Crippen molar-refractivity contribution in [2.75, 3.05) is 5.32 Å². The van der Waals surface area contributed by atoms with Crippen LogP contribution in [0, 0.1) is 0 Å². The average molecular weight is 241 g/mol. The molecule has 1 aromatic rings. The van der Waals surface area contributed by atoms with Gasteiger partial charge in [-0.15, -0.1) is 11.3 Å². The lowest BCUT2D eigenvalue weighted by Crippen LogP contribution is -2.34. The number of thiazole rings is 1. The number of nitrogens with zero attached hydrogens (tertiary/aromatic N) is 1. The number of hydrogen-bond donors (Lipinski definition) is 2.